The van der Waals surface area contributed by atoms with Crippen LogP contribution >= 0.6 is 0 Å². The van der Waals surface area contributed by atoms with Crippen molar-refractivity contribution >= 4 is 5.78 Å². The normalized spacial score (nSPS) is 49.2. The van der Waals surface area contributed by atoms with Crippen LogP contribution in [0, 0.1) is 34.5 Å². The molecule has 2 bridgehead atoms. The quantitative estimate of drug-likeness (QED) is 0.772. The summed E-state index contributed by atoms with van der Waals surface area (Å²) in [6.07, 6.45) is 4.40. The van der Waals surface area contributed by atoms with Gasteiger partial charge >= 0.3 is 11.4 Å². The minimum Gasteiger partial charge on any atom is -0.295 e. The number of hydrogen-bond donors (Lipinski definition) is 0. The molecule has 4 saturated carbocycles. The van der Waals surface area contributed by atoms with Gasteiger partial charge in [-0.1, -0.05) is 24.3 Å². The topological polar surface area (TPSA) is 66.0 Å². The molecule has 2 aliphatic heterocycles. The first-order valence-corrected chi connectivity index (χ1v) is 9.38. The van der Waals surface area contributed by atoms with Crippen molar-refractivity contribution in [3.05, 3.63) is 63.5 Å². The predicted octanol–water partition coefficient (Wildman–Crippen LogP) is 0.917. The Bertz CT molecular complexity index is 1230. The molecule has 0 saturated heterocycles. The van der Waals surface area contributed by atoms with E-state index in [0.29, 0.717) is 35.8 Å². The van der Waals surface area contributed by atoms with Gasteiger partial charge in [0.15, 0.2) is 5.78 Å². The maximum atomic E-state index is 13.3. The summed E-state index contributed by atoms with van der Waals surface area (Å²) in [5.74, 6) is 2.30. The van der Waals surface area contributed by atoms with Crippen LogP contribution in [0.1, 0.15) is 18.5 Å². The molecule has 0 amide bonds. The first-order chi connectivity index (χ1) is 12.6. The van der Waals surface area contributed by atoms with Gasteiger partial charge in [-0.2, -0.15) is 0 Å². The number of para-hydroxylation sites is 1. The van der Waals surface area contributed by atoms with Crippen molar-refractivity contribution in [3.8, 4) is 5.69 Å². The van der Waals surface area contributed by atoms with Crippen molar-refractivity contribution in [3.63, 3.8) is 0 Å². The number of benzene rings is 1. The fraction of sp³-hybridized carbons (Fsp3) is 0.450. The van der Waals surface area contributed by atoms with Gasteiger partial charge in [-0.3, -0.25) is 4.79 Å². The molecule has 1 aromatic heterocycles. The van der Waals surface area contributed by atoms with Gasteiger partial charge in [0, 0.05) is 17.3 Å². The van der Waals surface area contributed by atoms with Crippen LogP contribution in [0.5, 0.6) is 0 Å². The molecule has 5 aliphatic carbocycles. The van der Waals surface area contributed by atoms with Gasteiger partial charge in [0.2, 0.25) is 0 Å². The van der Waals surface area contributed by atoms with Crippen molar-refractivity contribution in [1.82, 2.24) is 13.9 Å². The van der Waals surface area contributed by atoms with E-state index in [1.807, 2.05) is 18.2 Å². The van der Waals surface area contributed by atoms with E-state index in [1.165, 1.54) is 4.57 Å². The number of nitrogens with zero attached hydrogens (tertiary/aromatic N) is 3. The molecule has 9 rings (SSSR count). The van der Waals surface area contributed by atoms with E-state index in [4.69, 9.17) is 0 Å². The van der Waals surface area contributed by atoms with Crippen molar-refractivity contribution in [2.75, 3.05) is 0 Å². The number of hydrogen-bond acceptors (Lipinski definition) is 3. The number of ketones is 1. The fourth-order valence-electron chi connectivity index (χ4n) is 8.36. The van der Waals surface area contributed by atoms with Gasteiger partial charge in [-0.05, 0) is 41.9 Å². The second kappa shape index (κ2) is 3.21. The van der Waals surface area contributed by atoms with E-state index < -0.39 is 0 Å². The molecule has 26 heavy (non-hydrogen) atoms. The summed E-state index contributed by atoms with van der Waals surface area (Å²) in [5, 5.41) is 0. The Hall–Kier alpha value is -2.63. The molecule has 6 nitrogen and oxygen atoms in total. The predicted molar refractivity (Wildman–Crippen MR) is 90.0 cm³/mol. The lowest BCUT2D eigenvalue weighted by molar-refractivity contribution is -0.119. The highest BCUT2D eigenvalue weighted by Crippen LogP contribution is 3.03. The minimum atomic E-state index is -0.238. The second-order valence-electron chi connectivity index (χ2n) is 8.97. The summed E-state index contributed by atoms with van der Waals surface area (Å²) in [7, 11) is 0. The van der Waals surface area contributed by atoms with Gasteiger partial charge in [-0.15, -0.1) is 0 Å². The Balaban J connectivity index is 1.48. The Morgan fingerprint density at radius 3 is 2.35 bits per heavy atom. The van der Waals surface area contributed by atoms with E-state index in [-0.39, 0.29) is 40.1 Å². The van der Waals surface area contributed by atoms with Crippen LogP contribution in [0.4, 0.5) is 0 Å². The van der Waals surface area contributed by atoms with Crippen molar-refractivity contribution < 1.29 is 4.79 Å². The van der Waals surface area contributed by atoms with Crippen LogP contribution < -0.4 is 11.4 Å². The van der Waals surface area contributed by atoms with Crippen molar-refractivity contribution in [1.29, 1.82) is 0 Å². The molecule has 8 atom stereocenters. The van der Waals surface area contributed by atoms with Crippen LogP contribution in [-0.2, 0) is 4.79 Å². The van der Waals surface area contributed by atoms with Gasteiger partial charge in [-0.25, -0.2) is 23.5 Å². The standard InChI is InChI=1S/C20H15N3O3/c24-10-6-7-19-14-11-12-13(11)16(20(14,19)8-10)23-18(26)21(9-4-2-1-3-5-9)17(25)22(23)15(12)19/h1-7,11-16H,8H2/t11-,12+,13+,14-,15-,16+,19-,20-/m1/s1. The number of rotatable bonds is 1. The Morgan fingerprint density at radius 1 is 0.885 bits per heavy atom. The molecule has 2 spiro atoms. The van der Waals surface area contributed by atoms with E-state index in [9.17, 15) is 14.4 Å². The smallest absolute Gasteiger partial charge is 0.295 e. The monoisotopic (exact) mass is 345 g/mol. The number of carbonyl (C=O) groups is 1. The summed E-state index contributed by atoms with van der Waals surface area (Å²) < 4.78 is 4.83. The molecule has 128 valence electrons. The molecule has 3 heterocycles. The van der Waals surface area contributed by atoms with E-state index >= 15 is 0 Å². The lowest BCUT2D eigenvalue weighted by Gasteiger charge is -2.48. The largest absolute Gasteiger partial charge is 0.352 e. The maximum absolute atomic E-state index is 13.3. The van der Waals surface area contributed by atoms with Gasteiger partial charge in [0.25, 0.3) is 0 Å². The second-order valence-corrected chi connectivity index (χ2v) is 8.97. The third kappa shape index (κ3) is 0.863. The molecular weight excluding hydrogens is 330 g/mol. The van der Waals surface area contributed by atoms with Gasteiger partial charge in [0.1, 0.15) is 0 Å². The van der Waals surface area contributed by atoms with E-state index in [1.54, 1.807) is 27.6 Å². The molecule has 2 aromatic rings. The highest BCUT2D eigenvalue weighted by Gasteiger charge is 3.03. The number of carbonyl (C=O) groups excluding carboxylic acids is 1. The molecule has 0 unspecified atom stereocenters. The highest BCUT2D eigenvalue weighted by molar-refractivity contribution is 5.93. The number of aromatic nitrogens is 3. The fourth-order valence-corrected chi connectivity index (χ4v) is 8.36. The zero-order valence-electron chi connectivity index (χ0n) is 13.8. The number of allylic oxidation sites excluding steroid dienone is 2. The Labute approximate surface area is 147 Å². The zero-order chi connectivity index (χ0) is 17.2. The molecular formula is C20H15N3O3. The molecule has 0 radical (unpaired) electrons. The molecule has 1 aromatic carbocycles. The van der Waals surface area contributed by atoms with E-state index in [2.05, 4.69) is 6.08 Å². The van der Waals surface area contributed by atoms with Crippen LogP contribution in [0.15, 0.2) is 52.1 Å². The van der Waals surface area contributed by atoms with Crippen molar-refractivity contribution in [2.45, 2.75) is 18.5 Å². The maximum Gasteiger partial charge on any atom is 0.352 e. The van der Waals surface area contributed by atoms with Gasteiger partial charge < -0.3 is 0 Å². The lowest BCUT2D eigenvalue weighted by Crippen LogP contribution is -2.53. The molecule has 6 heteroatoms. The summed E-state index contributed by atoms with van der Waals surface area (Å²) in [6, 6.07) is 9.24. The van der Waals surface area contributed by atoms with Crippen LogP contribution in [0.3, 0.4) is 0 Å². The van der Waals surface area contributed by atoms with Crippen molar-refractivity contribution in [2.24, 2.45) is 34.5 Å². The van der Waals surface area contributed by atoms with Crippen LogP contribution in [0.2, 0.25) is 0 Å². The Kier molecular flexibility index (Phi) is 1.57. The summed E-state index contributed by atoms with van der Waals surface area (Å²) in [6.45, 7) is 0. The van der Waals surface area contributed by atoms with Crippen LogP contribution in [-0.4, -0.2) is 19.7 Å². The molecule has 0 N–H and O–H groups in total. The minimum absolute atomic E-state index is 0.0200. The SMILES string of the molecule is O=C1C=C[C@@]23[C@H]4[C@H]5[C@H]6[C@H]5[C@H]2n2c(=O)n(-c5ccccc5)c(=O)n2[C@@H]6[C@@]43C1. The lowest BCUT2D eigenvalue weighted by atomic mass is 9.67. The summed E-state index contributed by atoms with van der Waals surface area (Å²) in [5.41, 5.74) is 0.0242. The van der Waals surface area contributed by atoms with Gasteiger partial charge in [0.05, 0.1) is 17.8 Å². The van der Waals surface area contributed by atoms with E-state index in [0.717, 1.165) is 0 Å². The highest BCUT2D eigenvalue weighted by atomic mass is 16.2. The van der Waals surface area contributed by atoms with Crippen LogP contribution in [0.25, 0.3) is 5.69 Å². The molecule has 4 fully saturated rings. The molecule has 7 aliphatic rings. The first-order valence-electron chi connectivity index (χ1n) is 9.38. The average molecular weight is 345 g/mol. The average Bonchev–Trinajstić information content (AvgIpc) is 3.40. The third-order valence-corrected chi connectivity index (χ3v) is 8.68. The third-order valence-electron chi connectivity index (χ3n) is 8.68. The first kappa shape index (κ1) is 12.7. The Morgan fingerprint density at radius 2 is 1.58 bits per heavy atom. The summed E-state index contributed by atoms with van der Waals surface area (Å²) >= 11 is 0. The summed E-state index contributed by atoms with van der Waals surface area (Å²) in [4.78, 5) is 38.9. The zero-order valence-corrected chi connectivity index (χ0v) is 13.8.